The summed E-state index contributed by atoms with van der Waals surface area (Å²) in [6.07, 6.45) is 1.48. The summed E-state index contributed by atoms with van der Waals surface area (Å²) in [7, 11) is 1.70. The maximum atomic E-state index is 5.42. The zero-order valence-corrected chi connectivity index (χ0v) is 7.39. The van der Waals surface area contributed by atoms with Gasteiger partial charge in [0.1, 0.15) is 0 Å². The van der Waals surface area contributed by atoms with Crippen molar-refractivity contribution in [2.75, 3.05) is 13.7 Å². The summed E-state index contributed by atoms with van der Waals surface area (Å²) in [5.74, 6) is 0. The molecule has 0 spiro atoms. The summed E-state index contributed by atoms with van der Waals surface area (Å²) >= 11 is 0. The van der Waals surface area contributed by atoms with Gasteiger partial charge in [-0.1, -0.05) is 6.92 Å². The fraction of sp³-hybridized carbons (Fsp3) is 1.00. The number of methoxy groups -OCH3 is 1. The molecule has 2 atom stereocenters. The highest BCUT2D eigenvalue weighted by Gasteiger charge is 2.09. The van der Waals surface area contributed by atoms with Crippen LogP contribution in [0.2, 0.25) is 0 Å². The summed E-state index contributed by atoms with van der Waals surface area (Å²) in [5.41, 5.74) is 0. The normalized spacial score (nSPS) is 16.8. The Labute approximate surface area is 63.5 Å². The fourth-order valence-corrected chi connectivity index (χ4v) is 0.631. The molecule has 2 heteroatoms. The second-order valence-corrected chi connectivity index (χ2v) is 2.52. The average molecular weight is 146 g/mol. The Morgan fingerprint density at radius 1 is 1.20 bits per heavy atom. The predicted octanol–water partition coefficient (Wildman–Crippen LogP) is 1.84. The molecule has 0 saturated carbocycles. The monoisotopic (exact) mass is 146 g/mol. The van der Waals surface area contributed by atoms with Gasteiger partial charge >= 0.3 is 0 Å². The van der Waals surface area contributed by atoms with Gasteiger partial charge in [-0.15, -0.1) is 0 Å². The van der Waals surface area contributed by atoms with E-state index in [0.29, 0.717) is 0 Å². The molecule has 0 radical (unpaired) electrons. The molecule has 0 aliphatic carbocycles. The zero-order valence-electron chi connectivity index (χ0n) is 7.39. The summed E-state index contributed by atoms with van der Waals surface area (Å²) in [6, 6.07) is 0. The minimum absolute atomic E-state index is 0.201. The van der Waals surface area contributed by atoms with Crippen molar-refractivity contribution in [2.24, 2.45) is 0 Å². The fourth-order valence-electron chi connectivity index (χ4n) is 0.631. The van der Waals surface area contributed by atoms with Crippen molar-refractivity contribution in [3.8, 4) is 0 Å². The summed E-state index contributed by atoms with van der Waals surface area (Å²) < 4.78 is 10.5. The third-order valence-electron chi connectivity index (χ3n) is 1.62. The van der Waals surface area contributed by atoms with Crippen LogP contribution in [0.1, 0.15) is 27.2 Å². The number of rotatable bonds is 5. The topological polar surface area (TPSA) is 18.5 Å². The lowest BCUT2D eigenvalue weighted by Crippen LogP contribution is -2.25. The Hall–Kier alpha value is -0.0800. The largest absolute Gasteiger partial charge is 0.379 e. The van der Waals surface area contributed by atoms with E-state index in [1.54, 1.807) is 7.11 Å². The number of hydrogen-bond donors (Lipinski definition) is 0. The SMILES string of the molecule is CCCOC(C)C(C)OC. The Morgan fingerprint density at radius 2 is 1.80 bits per heavy atom. The predicted molar refractivity (Wildman–Crippen MR) is 42.2 cm³/mol. The lowest BCUT2D eigenvalue weighted by Gasteiger charge is -2.18. The molecule has 2 nitrogen and oxygen atoms in total. The van der Waals surface area contributed by atoms with Crippen LogP contribution in [0, 0.1) is 0 Å². The van der Waals surface area contributed by atoms with Crippen molar-refractivity contribution < 1.29 is 9.47 Å². The van der Waals surface area contributed by atoms with Crippen LogP contribution in [0.4, 0.5) is 0 Å². The first kappa shape index (κ1) is 9.92. The molecule has 0 saturated heterocycles. The van der Waals surface area contributed by atoms with E-state index in [2.05, 4.69) is 6.92 Å². The van der Waals surface area contributed by atoms with E-state index in [0.717, 1.165) is 13.0 Å². The molecule has 0 N–H and O–H groups in total. The number of ether oxygens (including phenoxy) is 2. The van der Waals surface area contributed by atoms with Gasteiger partial charge < -0.3 is 9.47 Å². The van der Waals surface area contributed by atoms with E-state index in [1.807, 2.05) is 13.8 Å². The quantitative estimate of drug-likeness (QED) is 0.589. The van der Waals surface area contributed by atoms with Crippen LogP contribution in [0.5, 0.6) is 0 Å². The van der Waals surface area contributed by atoms with Gasteiger partial charge in [-0.25, -0.2) is 0 Å². The molecule has 2 unspecified atom stereocenters. The first-order chi connectivity index (χ1) is 4.72. The van der Waals surface area contributed by atoms with Crippen LogP contribution in [-0.2, 0) is 9.47 Å². The minimum atomic E-state index is 0.201. The summed E-state index contributed by atoms with van der Waals surface area (Å²) in [6.45, 7) is 6.98. The molecule has 0 amide bonds. The Kier molecular flexibility index (Phi) is 5.64. The lowest BCUT2D eigenvalue weighted by molar-refractivity contribution is -0.0378. The van der Waals surface area contributed by atoms with Crippen LogP contribution in [0.25, 0.3) is 0 Å². The van der Waals surface area contributed by atoms with E-state index in [1.165, 1.54) is 0 Å². The maximum absolute atomic E-state index is 5.42. The second-order valence-electron chi connectivity index (χ2n) is 2.52. The van der Waals surface area contributed by atoms with Crippen molar-refractivity contribution in [1.29, 1.82) is 0 Å². The van der Waals surface area contributed by atoms with Crippen molar-refractivity contribution in [2.45, 2.75) is 39.4 Å². The highest BCUT2D eigenvalue weighted by Crippen LogP contribution is 2.01. The van der Waals surface area contributed by atoms with E-state index in [-0.39, 0.29) is 12.2 Å². The summed E-state index contributed by atoms with van der Waals surface area (Å²) in [5, 5.41) is 0. The first-order valence-electron chi connectivity index (χ1n) is 3.86. The smallest absolute Gasteiger partial charge is 0.0805 e. The minimum Gasteiger partial charge on any atom is -0.379 e. The molecule has 62 valence electrons. The standard InChI is InChI=1S/C8H18O2/c1-5-6-10-8(3)7(2)9-4/h7-8H,5-6H2,1-4H3. The highest BCUT2D eigenvalue weighted by molar-refractivity contribution is 4.58. The third-order valence-corrected chi connectivity index (χ3v) is 1.62. The van der Waals surface area contributed by atoms with Crippen LogP contribution >= 0.6 is 0 Å². The Balaban J connectivity index is 3.31. The molecule has 0 heterocycles. The average Bonchev–Trinajstić information content (AvgIpc) is 1.98. The summed E-state index contributed by atoms with van der Waals surface area (Å²) in [4.78, 5) is 0. The first-order valence-corrected chi connectivity index (χ1v) is 3.86. The molecular formula is C8H18O2. The van der Waals surface area contributed by atoms with Gasteiger partial charge in [0, 0.05) is 13.7 Å². The third kappa shape index (κ3) is 3.85. The number of hydrogen-bond acceptors (Lipinski definition) is 2. The van der Waals surface area contributed by atoms with Gasteiger partial charge in [-0.3, -0.25) is 0 Å². The van der Waals surface area contributed by atoms with Gasteiger partial charge in [0.2, 0.25) is 0 Å². The molecule has 0 aromatic heterocycles. The zero-order chi connectivity index (χ0) is 7.98. The van der Waals surface area contributed by atoms with Crippen LogP contribution in [0.3, 0.4) is 0 Å². The lowest BCUT2D eigenvalue weighted by atomic mass is 10.2. The van der Waals surface area contributed by atoms with Crippen molar-refractivity contribution in [3.05, 3.63) is 0 Å². The molecule has 0 aromatic rings. The molecule has 0 rings (SSSR count). The van der Waals surface area contributed by atoms with Crippen molar-refractivity contribution in [1.82, 2.24) is 0 Å². The van der Waals surface area contributed by atoms with Gasteiger partial charge in [0.25, 0.3) is 0 Å². The van der Waals surface area contributed by atoms with Crippen molar-refractivity contribution in [3.63, 3.8) is 0 Å². The molecular weight excluding hydrogens is 128 g/mol. The molecule has 0 aromatic carbocycles. The van der Waals surface area contributed by atoms with E-state index in [9.17, 15) is 0 Å². The molecule has 0 aliphatic rings. The highest BCUT2D eigenvalue weighted by atomic mass is 16.5. The Bertz CT molecular complexity index is 73.7. The van der Waals surface area contributed by atoms with E-state index >= 15 is 0 Å². The van der Waals surface area contributed by atoms with Crippen LogP contribution in [0.15, 0.2) is 0 Å². The van der Waals surface area contributed by atoms with Gasteiger partial charge in [-0.05, 0) is 20.3 Å². The molecule has 0 fully saturated rings. The van der Waals surface area contributed by atoms with Crippen molar-refractivity contribution >= 4 is 0 Å². The Morgan fingerprint density at radius 3 is 2.20 bits per heavy atom. The molecule has 0 aliphatic heterocycles. The molecule has 0 bridgehead atoms. The van der Waals surface area contributed by atoms with Gasteiger partial charge in [0.05, 0.1) is 12.2 Å². The van der Waals surface area contributed by atoms with Gasteiger partial charge in [0.15, 0.2) is 0 Å². The van der Waals surface area contributed by atoms with Gasteiger partial charge in [-0.2, -0.15) is 0 Å². The second kappa shape index (κ2) is 5.69. The van der Waals surface area contributed by atoms with E-state index in [4.69, 9.17) is 9.47 Å². The molecule has 10 heavy (non-hydrogen) atoms. The van der Waals surface area contributed by atoms with E-state index < -0.39 is 0 Å². The maximum Gasteiger partial charge on any atom is 0.0805 e. The van der Waals surface area contributed by atoms with Crippen LogP contribution in [-0.4, -0.2) is 25.9 Å². The van der Waals surface area contributed by atoms with Crippen LogP contribution < -0.4 is 0 Å².